The van der Waals surface area contributed by atoms with Gasteiger partial charge in [0.05, 0.1) is 14.2 Å². The Morgan fingerprint density at radius 3 is 2.62 bits per heavy atom. The average Bonchev–Trinajstić information content (AvgIpc) is 2.87. The lowest BCUT2D eigenvalue weighted by atomic mass is 10.1. The van der Waals surface area contributed by atoms with E-state index in [-0.39, 0.29) is 0 Å². The van der Waals surface area contributed by atoms with Crippen molar-refractivity contribution in [2.24, 2.45) is 0 Å². The standard InChI is InChI=1S/C15H21N3O3/c1-20-14-12(15(19)21-2)3-4-13(16-14)18-10-9-17-7-5-11(18)6-8-17/h3-4,11H,5-10H2,1-2H3. The van der Waals surface area contributed by atoms with Crippen LogP contribution >= 0.6 is 0 Å². The molecule has 0 unspecified atom stereocenters. The van der Waals surface area contributed by atoms with Crippen LogP contribution in [-0.4, -0.2) is 62.3 Å². The van der Waals surface area contributed by atoms with Gasteiger partial charge in [-0.05, 0) is 25.0 Å². The maximum Gasteiger partial charge on any atom is 0.343 e. The Morgan fingerprint density at radius 2 is 1.95 bits per heavy atom. The van der Waals surface area contributed by atoms with Gasteiger partial charge in [-0.3, -0.25) is 0 Å². The van der Waals surface area contributed by atoms with E-state index in [0.29, 0.717) is 17.5 Å². The van der Waals surface area contributed by atoms with Crippen molar-refractivity contribution in [2.45, 2.75) is 18.9 Å². The number of piperidine rings is 1. The van der Waals surface area contributed by atoms with Crippen LogP contribution in [0.4, 0.5) is 5.82 Å². The Labute approximate surface area is 124 Å². The number of nitrogens with zero attached hydrogens (tertiary/aromatic N) is 3. The van der Waals surface area contributed by atoms with Crippen LogP contribution in [0.5, 0.6) is 5.88 Å². The lowest BCUT2D eigenvalue weighted by Crippen LogP contribution is -2.38. The molecule has 0 radical (unpaired) electrons. The Morgan fingerprint density at radius 1 is 1.19 bits per heavy atom. The summed E-state index contributed by atoms with van der Waals surface area (Å²) in [5, 5.41) is 0. The van der Waals surface area contributed by atoms with E-state index in [0.717, 1.165) is 18.9 Å². The first-order valence-electron chi connectivity index (χ1n) is 7.35. The van der Waals surface area contributed by atoms with Crippen molar-refractivity contribution in [3.8, 4) is 5.88 Å². The number of anilines is 1. The molecule has 0 spiro atoms. The molecule has 3 saturated heterocycles. The number of hydrogen-bond donors (Lipinski definition) is 0. The van der Waals surface area contributed by atoms with Gasteiger partial charge in [0.1, 0.15) is 11.4 Å². The van der Waals surface area contributed by atoms with Gasteiger partial charge < -0.3 is 19.3 Å². The summed E-state index contributed by atoms with van der Waals surface area (Å²) < 4.78 is 10.0. The molecule has 1 aromatic rings. The van der Waals surface area contributed by atoms with Crippen molar-refractivity contribution in [3.05, 3.63) is 17.7 Å². The number of hydrogen-bond acceptors (Lipinski definition) is 6. The molecule has 0 amide bonds. The third-order valence-electron chi connectivity index (χ3n) is 4.39. The third-order valence-corrected chi connectivity index (χ3v) is 4.39. The number of rotatable bonds is 3. The molecule has 0 aliphatic carbocycles. The van der Waals surface area contributed by atoms with Crippen LogP contribution in [0.15, 0.2) is 12.1 Å². The van der Waals surface area contributed by atoms with Crippen molar-refractivity contribution >= 4 is 11.8 Å². The van der Waals surface area contributed by atoms with E-state index in [2.05, 4.69) is 14.8 Å². The zero-order valence-corrected chi connectivity index (χ0v) is 12.5. The van der Waals surface area contributed by atoms with Crippen LogP contribution in [0, 0.1) is 0 Å². The summed E-state index contributed by atoms with van der Waals surface area (Å²) in [6.45, 7) is 4.37. The van der Waals surface area contributed by atoms with Crippen LogP contribution < -0.4 is 9.64 Å². The van der Waals surface area contributed by atoms with E-state index in [1.165, 1.54) is 40.2 Å². The lowest BCUT2D eigenvalue weighted by molar-refractivity contribution is 0.0596. The average molecular weight is 291 g/mol. The number of methoxy groups -OCH3 is 2. The van der Waals surface area contributed by atoms with Gasteiger partial charge in [0, 0.05) is 32.2 Å². The first kappa shape index (κ1) is 14.1. The van der Waals surface area contributed by atoms with Gasteiger partial charge in [0.25, 0.3) is 0 Å². The fourth-order valence-electron chi connectivity index (χ4n) is 3.20. The molecule has 3 fully saturated rings. The minimum absolute atomic E-state index is 0.332. The highest BCUT2D eigenvalue weighted by Crippen LogP contribution is 2.28. The highest BCUT2D eigenvalue weighted by Gasteiger charge is 2.30. The number of aromatic nitrogens is 1. The summed E-state index contributed by atoms with van der Waals surface area (Å²) in [4.78, 5) is 21.1. The summed E-state index contributed by atoms with van der Waals surface area (Å²) in [6.07, 6.45) is 2.34. The molecule has 0 saturated carbocycles. The normalized spacial score (nSPS) is 24.6. The molecule has 4 rings (SSSR count). The molecule has 0 N–H and O–H groups in total. The molecule has 6 nitrogen and oxygen atoms in total. The molecule has 114 valence electrons. The first-order valence-corrected chi connectivity index (χ1v) is 7.35. The molecular formula is C15H21N3O3. The Balaban J connectivity index is 1.90. The van der Waals surface area contributed by atoms with Gasteiger partial charge in [0.15, 0.2) is 0 Å². The number of carbonyl (C=O) groups excluding carboxylic acids is 1. The number of fused-ring (bicyclic) bond motifs is 4. The molecule has 4 heterocycles. The summed E-state index contributed by atoms with van der Waals surface area (Å²) >= 11 is 0. The Kier molecular flexibility index (Phi) is 3.96. The summed E-state index contributed by atoms with van der Waals surface area (Å²) in [6, 6.07) is 4.16. The highest BCUT2D eigenvalue weighted by atomic mass is 16.5. The molecule has 3 aliphatic heterocycles. The number of ether oxygens (including phenoxy) is 2. The van der Waals surface area contributed by atoms with Gasteiger partial charge in [-0.15, -0.1) is 0 Å². The zero-order valence-electron chi connectivity index (χ0n) is 12.5. The van der Waals surface area contributed by atoms with Crippen LogP contribution in [0.3, 0.4) is 0 Å². The molecule has 3 aliphatic rings. The predicted molar refractivity (Wildman–Crippen MR) is 78.9 cm³/mol. The van der Waals surface area contributed by atoms with E-state index in [4.69, 9.17) is 9.47 Å². The molecule has 21 heavy (non-hydrogen) atoms. The zero-order chi connectivity index (χ0) is 14.8. The first-order chi connectivity index (χ1) is 10.2. The minimum Gasteiger partial charge on any atom is -0.480 e. The van der Waals surface area contributed by atoms with Crippen LogP contribution in [-0.2, 0) is 4.74 Å². The second-order valence-electron chi connectivity index (χ2n) is 5.48. The van der Waals surface area contributed by atoms with Gasteiger partial charge in [-0.1, -0.05) is 0 Å². The van der Waals surface area contributed by atoms with Crippen molar-refractivity contribution in [3.63, 3.8) is 0 Å². The molecule has 1 aromatic heterocycles. The van der Waals surface area contributed by atoms with Crippen LogP contribution in [0.2, 0.25) is 0 Å². The van der Waals surface area contributed by atoms with Crippen LogP contribution in [0.25, 0.3) is 0 Å². The number of pyridine rings is 1. The molecule has 2 bridgehead atoms. The fraction of sp³-hybridized carbons (Fsp3) is 0.600. The van der Waals surface area contributed by atoms with Gasteiger partial charge in [-0.2, -0.15) is 4.98 Å². The quantitative estimate of drug-likeness (QED) is 0.779. The molecule has 0 aromatic carbocycles. The largest absolute Gasteiger partial charge is 0.480 e. The Bertz CT molecular complexity index is 527. The smallest absolute Gasteiger partial charge is 0.343 e. The van der Waals surface area contributed by atoms with Crippen molar-refractivity contribution in [1.29, 1.82) is 0 Å². The summed E-state index contributed by atoms with van der Waals surface area (Å²) in [5.41, 5.74) is 0.367. The molecular weight excluding hydrogens is 270 g/mol. The molecule has 6 heteroatoms. The number of esters is 1. The maximum absolute atomic E-state index is 11.7. The van der Waals surface area contributed by atoms with Crippen molar-refractivity contribution < 1.29 is 14.3 Å². The second-order valence-corrected chi connectivity index (χ2v) is 5.48. The maximum atomic E-state index is 11.7. The second kappa shape index (κ2) is 5.89. The summed E-state index contributed by atoms with van der Waals surface area (Å²) in [5.74, 6) is 0.792. The predicted octanol–water partition coefficient (Wildman–Crippen LogP) is 1.16. The van der Waals surface area contributed by atoms with Crippen LogP contribution in [0.1, 0.15) is 23.2 Å². The van der Waals surface area contributed by atoms with Crippen molar-refractivity contribution in [2.75, 3.05) is 45.3 Å². The molecule has 0 atom stereocenters. The number of carbonyl (C=O) groups is 1. The SMILES string of the molecule is COC(=O)c1ccc(N2CCN3CCC2CC3)nc1OC. The van der Waals surface area contributed by atoms with E-state index >= 15 is 0 Å². The lowest BCUT2D eigenvalue weighted by Gasteiger charge is -2.32. The topological polar surface area (TPSA) is 54.9 Å². The van der Waals surface area contributed by atoms with Gasteiger partial charge in [0.2, 0.25) is 5.88 Å². The third kappa shape index (κ3) is 2.68. The fourth-order valence-corrected chi connectivity index (χ4v) is 3.20. The Hall–Kier alpha value is -1.82. The van der Waals surface area contributed by atoms with Gasteiger partial charge >= 0.3 is 5.97 Å². The van der Waals surface area contributed by atoms with E-state index in [1.54, 1.807) is 6.07 Å². The van der Waals surface area contributed by atoms with E-state index in [1.807, 2.05) is 6.07 Å². The van der Waals surface area contributed by atoms with Crippen molar-refractivity contribution in [1.82, 2.24) is 9.88 Å². The van der Waals surface area contributed by atoms with Gasteiger partial charge in [-0.25, -0.2) is 4.79 Å². The van der Waals surface area contributed by atoms with E-state index in [9.17, 15) is 4.79 Å². The van der Waals surface area contributed by atoms with E-state index < -0.39 is 5.97 Å². The monoisotopic (exact) mass is 291 g/mol. The summed E-state index contributed by atoms with van der Waals surface area (Å²) in [7, 11) is 2.88. The minimum atomic E-state index is -0.422. The highest BCUT2D eigenvalue weighted by molar-refractivity contribution is 5.92.